The first-order valence-corrected chi connectivity index (χ1v) is 6.97. The molecule has 102 valence electrons. The predicted octanol–water partition coefficient (Wildman–Crippen LogP) is 3.60. The minimum Gasteiger partial charge on any atom is -0.309 e. The van der Waals surface area contributed by atoms with Gasteiger partial charge < -0.3 is 5.32 Å². The minimum atomic E-state index is -0.00477. The van der Waals surface area contributed by atoms with Crippen molar-refractivity contribution in [3.63, 3.8) is 0 Å². The smallest absolute Gasteiger partial charge is 0.0673 e. The molecule has 2 rings (SSSR count). The van der Waals surface area contributed by atoms with Gasteiger partial charge in [-0.15, -0.1) is 0 Å². The molecule has 0 aliphatic heterocycles. The van der Waals surface area contributed by atoms with Crippen LogP contribution in [0.15, 0.2) is 24.4 Å². The Hall–Kier alpha value is -1.03. The standard InChI is InChI=1S/C14H17Cl2N3/c1-4-12-10(8-19(3)18-12)14(17-2)9-6-5-7-11(15)13(9)16/h5-8,14,17H,4H2,1-3H3. The summed E-state index contributed by atoms with van der Waals surface area (Å²) >= 11 is 12.4. The van der Waals surface area contributed by atoms with Crippen molar-refractivity contribution in [1.82, 2.24) is 15.1 Å². The molecule has 0 saturated heterocycles. The van der Waals surface area contributed by atoms with Crippen LogP contribution in [0.25, 0.3) is 0 Å². The van der Waals surface area contributed by atoms with Crippen LogP contribution in [0.2, 0.25) is 10.0 Å². The fourth-order valence-electron chi connectivity index (χ4n) is 2.29. The summed E-state index contributed by atoms with van der Waals surface area (Å²) in [5, 5.41) is 8.93. The molecule has 0 spiro atoms. The Morgan fingerprint density at radius 3 is 2.68 bits per heavy atom. The Morgan fingerprint density at radius 1 is 1.32 bits per heavy atom. The van der Waals surface area contributed by atoms with E-state index in [4.69, 9.17) is 23.2 Å². The molecule has 5 heteroatoms. The molecule has 0 aliphatic rings. The molecule has 1 atom stereocenters. The molecule has 19 heavy (non-hydrogen) atoms. The Bertz CT molecular complexity index is 578. The molecule has 3 nitrogen and oxygen atoms in total. The second-order valence-corrected chi connectivity index (χ2v) is 5.21. The molecule has 0 amide bonds. The highest BCUT2D eigenvalue weighted by atomic mass is 35.5. The van der Waals surface area contributed by atoms with E-state index in [2.05, 4.69) is 17.3 Å². The van der Waals surface area contributed by atoms with Crippen molar-refractivity contribution >= 4 is 23.2 Å². The van der Waals surface area contributed by atoms with Gasteiger partial charge in [0.2, 0.25) is 0 Å². The predicted molar refractivity (Wildman–Crippen MR) is 80.0 cm³/mol. The van der Waals surface area contributed by atoms with Crippen molar-refractivity contribution in [2.75, 3.05) is 7.05 Å². The SMILES string of the molecule is CCc1nn(C)cc1C(NC)c1cccc(Cl)c1Cl. The first-order valence-electron chi connectivity index (χ1n) is 6.22. The zero-order valence-corrected chi connectivity index (χ0v) is 12.8. The minimum absolute atomic E-state index is 0.00477. The third-order valence-corrected chi connectivity index (χ3v) is 4.00. The van der Waals surface area contributed by atoms with E-state index in [9.17, 15) is 0 Å². The first kappa shape index (κ1) is 14.4. The number of rotatable bonds is 4. The average molecular weight is 298 g/mol. The summed E-state index contributed by atoms with van der Waals surface area (Å²) in [4.78, 5) is 0. The van der Waals surface area contributed by atoms with Crippen LogP contribution in [-0.2, 0) is 13.5 Å². The van der Waals surface area contributed by atoms with Gasteiger partial charge in [-0.3, -0.25) is 4.68 Å². The third kappa shape index (κ3) is 2.78. The van der Waals surface area contributed by atoms with Crippen molar-refractivity contribution in [2.24, 2.45) is 7.05 Å². The van der Waals surface area contributed by atoms with E-state index in [1.54, 1.807) is 6.07 Å². The molecular weight excluding hydrogens is 281 g/mol. The Kier molecular flexibility index (Phi) is 4.50. The largest absolute Gasteiger partial charge is 0.309 e. The Balaban J connectivity index is 2.53. The van der Waals surface area contributed by atoms with Crippen LogP contribution in [-0.4, -0.2) is 16.8 Å². The first-order chi connectivity index (χ1) is 9.08. The van der Waals surface area contributed by atoms with Gasteiger partial charge in [0.25, 0.3) is 0 Å². The van der Waals surface area contributed by atoms with E-state index in [0.29, 0.717) is 10.0 Å². The van der Waals surface area contributed by atoms with Crippen LogP contribution < -0.4 is 5.32 Å². The summed E-state index contributed by atoms with van der Waals surface area (Å²) in [6, 6.07) is 5.69. The molecule has 1 aromatic carbocycles. The third-order valence-electron chi connectivity index (χ3n) is 3.16. The maximum atomic E-state index is 6.32. The molecule has 0 aliphatic carbocycles. The number of nitrogens with zero attached hydrogens (tertiary/aromatic N) is 2. The zero-order valence-electron chi connectivity index (χ0n) is 11.2. The lowest BCUT2D eigenvalue weighted by molar-refractivity contribution is 0.684. The maximum Gasteiger partial charge on any atom is 0.0673 e. The second kappa shape index (κ2) is 5.95. The quantitative estimate of drug-likeness (QED) is 0.934. The summed E-state index contributed by atoms with van der Waals surface area (Å²) in [6.45, 7) is 2.10. The summed E-state index contributed by atoms with van der Waals surface area (Å²) < 4.78 is 1.83. The maximum absolute atomic E-state index is 6.32. The fourth-order valence-corrected chi connectivity index (χ4v) is 2.71. The van der Waals surface area contributed by atoms with Crippen LogP contribution >= 0.6 is 23.2 Å². The van der Waals surface area contributed by atoms with Gasteiger partial charge in [-0.05, 0) is 25.1 Å². The summed E-state index contributed by atoms with van der Waals surface area (Å²) in [5.41, 5.74) is 3.17. The van der Waals surface area contributed by atoms with Gasteiger partial charge >= 0.3 is 0 Å². The Labute approximate surface area is 123 Å². The van der Waals surface area contributed by atoms with Crippen LogP contribution in [0.3, 0.4) is 0 Å². The summed E-state index contributed by atoms with van der Waals surface area (Å²) in [7, 11) is 3.84. The molecule has 0 fully saturated rings. The molecule has 1 unspecified atom stereocenters. The van der Waals surface area contributed by atoms with E-state index >= 15 is 0 Å². The number of nitrogens with one attached hydrogen (secondary N) is 1. The highest BCUT2D eigenvalue weighted by Gasteiger charge is 2.21. The molecule has 0 bridgehead atoms. The molecule has 0 saturated carbocycles. The van der Waals surface area contributed by atoms with E-state index in [1.165, 1.54) is 0 Å². The van der Waals surface area contributed by atoms with Crippen molar-refractivity contribution in [3.8, 4) is 0 Å². The van der Waals surface area contributed by atoms with Crippen LogP contribution in [0, 0.1) is 0 Å². The fraction of sp³-hybridized carbons (Fsp3) is 0.357. The number of hydrogen-bond acceptors (Lipinski definition) is 2. The molecule has 1 aromatic heterocycles. The van der Waals surface area contributed by atoms with Gasteiger partial charge in [-0.2, -0.15) is 5.10 Å². The van der Waals surface area contributed by atoms with Crippen LogP contribution in [0.5, 0.6) is 0 Å². The number of benzene rings is 1. The van der Waals surface area contributed by atoms with Gasteiger partial charge in [0.15, 0.2) is 0 Å². The van der Waals surface area contributed by atoms with E-state index < -0.39 is 0 Å². The molecule has 2 aromatic rings. The Morgan fingerprint density at radius 2 is 2.05 bits per heavy atom. The summed E-state index contributed by atoms with van der Waals surface area (Å²) in [6.07, 6.45) is 2.91. The van der Waals surface area contributed by atoms with Crippen molar-refractivity contribution < 1.29 is 0 Å². The number of hydrogen-bond donors (Lipinski definition) is 1. The molecule has 1 heterocycles. The lowest BCUT2D eigenvalue weighted by Gasteiger charge is -2.18. The van der Waals surface area contributed by atoms with E-state index in [0.717, 1.165) is 23.2 Å². The van der Waals surface area contributed by atoms with E-state index in [1.807, 2.05) is 37.1 Å². The second-order valence-electron chi connectivity index (χ2n) is 4.42. The van der Waals surface area contributed by atoms with Crippen molar-refractivity contribution in [2.45, 2.75) is 19.4 Å². The van der Waals surface area contributed by atoms with Gasteiger partial charge in [-0.1, -0.05) is 42.3 Å². The zero-order chi connectivity index (χ0) is 14.0. The molecular formula is C14H17Cl2N3. The molecule has 0 radical (unpaired) electrons. The monoisotopic (exact) mass is 297 g/mol. The number of aromatic nitrogens is 2. The number of aryl methyl sites for hydroxylation is 2. The van der Waals surface area contributed by atoms with Crippen LogP contribution in [0.4, 0.5) is 0 Å². The topological polar surface area (TPSA) is 29.9 Å². The van der Waals surface area contributed by atoms with Gasteiger partial charge in [0, 0.05) is 18.8 Å². The van der Waals surface area contributed by atoms with Crippen molar-refractivity contribution in [1.29, 1.82) is 0 Å². The van der Waals surface area contributed by atoms with Crippen molar-refractivity contribution in [3.05, 3.63) is 51.3 Å². The van der Waals surface area contributed by atoms with Gasteiger partial charge in [-0.25, -0.2) is 0 Å². The highest BCUT2D eigenvalue weighted by Crippen LogP contribution is 2.34. The lowest BCUT2D eigenvalue weighted by atomic mass is 9.98. The van der Waals surface area contributed by atoms with Gasteiger partial charge in [0.1, 0.15) is 0 Å². The summed E-state index contributed by atoms with van der Waals surface area (Å²) in [5.74, 6) is 0. The van der Waals surface area contributed by atoms with E-state index in [-0.39, 0.29) is 6.04 Å². The van der Waals surface area contributed by atoms with Gasteiger partial charge in [0.05, 0.1) is 21.8 Å². The lowest BCUT2D eigenvalue weighted by Crippen LogP contribution is -2.19. The van der Waals surface area contributed by atoms with Crippen LogP contribution in [0.1, 0.15) is 29.8 Å². The highest BCUT2D eigenvalue weighted by molar-refractivity contribution is 6.42. The normalized spacial score (nSPS) is 12.7. The molecule has 1 N–H and O–H groups in total. The number of halogens is 2. The average Bonchev–Trinajstić information content (AvgIpc) is 2.76.